The smallest absolute Gasteiger partial charge is 0.186 e. The number of hydrogen-bond acceptors (Lipinski definition) is 16. The molecular formula is C54H130O16Si12. The van der Waals surface area contributed by atoms with Crippen LogP contribution in [0.1, 0.15) is 0 Å². The Bertz CT molecular complexity index is 1750. The molecule has 14 atom stereocenters. The van der Waals surface area contributed by atoms with Crippen LogP contribution in [0.5, 0.6) is 0 Å². The fourth-order valence-corrected chi connectivity index (χ4v) is 20.6. The largest absolute Gasteiger partial charge is 0.415 e. The lowest BCUT2D eigenvalue weighted by Gasteiger charge is -2.53. The predicted molar refractivity (Wildman–Crippen MR) is 370 cm³/mol. The molecule has 2 aliphatic heterocycles. The Balaban J connectivity index is 3.51. The Labute approximate surface area is 516 Å². The fourth-order valence-electron chi connectivity index (χ4n) is 9.19. The van der Waals surface area contributed by atoms with Gasteiger partial charge in [0.05, 0.1) is 38.6 Å². The maximum absolute atomic E-state index is 8.06. The molecule has 2 rings (SSSR count). The SMILES string of the molecule is C[Si](C)(C)OCC(O[Si](C)(C)C)C(OC1OC(CO[Si](C)(C)C)C(O[Si](C)(C)C)C(O[Si](C)(C)C)C1O[Si](C)(C)C)C(OC1OC(CO[Si](C)(C)C)C(O[Si](C)(C)C)C(O[Si](C)(C)C)C1O[Si](C)(C)C)C(CO[Si](C)(C)C)O[Si](C)(C)C. The standard InChI is InChI=1S/C54H130O16Si12/c1-71(2,3)55-37-41-47(65-77(19,20)21)49(67-79(25,26)27)51(69-81(31,32)33)53(59-41)61-45(43(63-75(13,14)15)39-57-73(7,8)9)46(44(64-76(16,17)18)40-58-74(10,11)12)62-54-52(70-82(34,35)36)50(68-80(28,29)30)48(66-78(22,23)24)42(60-54)38-56-72(4,5)6/h41-54H,37-40H2,1-36H3. The van der Waals surface area contributed by atoms with Crippen LogP contribution in [0.2, 0.25) is 236 Å². The van der Waals surface area contributed by atoms with Gasteiger partial charge in [0, 0.05) is 0 Å². The van der Waals surface area contributed by atoms with Crippen molar-refractivity contribution < 1.29 is 72.1 Å². The van der Waals surface area contributed by atoms with Gasteiger partial charge in [-0.15, -0.1) is 0 Å². The van der Waals surface area contributed by atoms with Gasteiger partial charge in [-0.2, -0.15) is 0 Å². The van der Waals surface area contributed by atoms with Gasteiger partial charge in [-0.25, -0.2) is 0 Å². The van der Waals surface area contributed by atoms with Gasteiger partial charge in [-0.3, -0.25) is 0 Å². The zero-order valence-corrected chi connectivity index (χ0v) is 71.4. The highest BCUT2D eigenvalue weighted by molar-refractivity contribution is 6.73. The van der Waals surface area contributed by atoms with Crippen molar-refractivity contribution in [1.82, 2.24) is 0 Å². The second-order valence-electron chi connectivity index (χ2n) is 34.7. The summed E-state index contributed by atoms with van der Waals surface area (Å²) in [5.74, 6) is 0. The highest BCUT2D eigenvalue weighted by Gasteiger charge is 2.58. The van der Waals surface area contributed by atoms with Crippen LogP contribution in [0.25, 0.3) is 0 Å². The highest BCUT2D eigenvalue weighted by Crippen LogP contribution is 2.40. The zero-order valence-electron chi connectivity index (χ0n) is 59.4. The summed E-state index contributed by atoms with van der Waals surface area (Å²) >= 11 is 0. The molecule has 28 heteroatoms. The van der Waals surface area contributed by atoms with E-state index in [1.54, 1.807) is 0 Å². The molecule has 82 heavy (non-hydrogen) atoms. The topological polar surface area (TPSA) is 148 Å². The lowest BCUT2D eigenvalue weighted by Crippen LogP contribution is -2.69. The second kappa shape index (κ2) is 30.1. The molecule has 0 aromatic rings. The highest BCUT2D eigenvalue weighted by atomic mass is 28.4. The molecule has 0 spiro atoms. The second-order valence-corrected chi connectivity index (χ2v) is 88.4. The van der Waals surface area contributed by atoms with E-state index in [-0.39, 0.29) is 26.4 Å². The van der Waals surface area contributed by atoms with Gasteiger partial charge in [0.1, 0.15) is 61.0 Å². The van der Waals surface area contributed by atoms with E-state index >= 15 is 0 Å². The number of rotatable bonds is 35. The van der Waals surface area contributed by atoms with E-state index in [1.807, 2.05) is 0 Å². The van der Waals surface area contributed by atoms with E-state index in [0.29, 0.717) is 0 Å². The first kappa shape index (κ1) is 80.1. The molecular weight excluding hydrogens is 1240 g/mol. The van der Waals surface area contributed by atoms with Crippen LogP contribution in [0.15, 0.2) is 0 Å². The molecule has 0 radical (unpaired) electrons. The molecule has 0 aliphatic carbocycles. The van der Waals surface area contributed by atoms with Crippen molar-refractivity contribution >= 4 is 99.8 Å². The minimum atomic E-state index is -2.48. The number of hydrogen-bond donors (Lipinski definition) is 0. The molecule has 0 bridgehead atoms. The quantitative estimate of drug-likeness (QED) is 0.0554. The predicted octanol–water partition coefficient (Wildman–Crippen LogP) is 14.4. The Morgan fingerprint density at radius 2 is 0.476 bits per heavy atom. The normalized spacial score (nSPS) is 27.4. The van der Waals surface area contributed by atoms with Crippen molar-refractivity contribution in [3.8, 4) is 0 Å². The van der Waals surface area contributed by atoms with E-state index in [0.717, 1.165) is 0 Å². The molecule has 16 nitrogen and oxygen atoms in total. The molecule has 0 N–H and O–H groups in total. The van der Waals surface area contributed by atoms with Gasteiger partial charge < -0.3 is 72.1 Å². The van der Waals surface area contributed by atoms with E-state index in [4.69, 9.17) is 72.1 Å². The van der Waals surface area contributed by atoms with E-state index < -0.39 is 186 Å². The Morgan fingerprint density at radius 3 is 0.683 bits per heavy atom. The van der Waals surface area contributed by atoms with Crippen LogP contribution in [0.4, 0.5) is 0 Å². The van der Waals surface area contributed by atoms with Crippen molar-refractivity contribution in [2.45, 2.75) is 322 Å². The van der Waals surface area contributed by atoms with E-state index in [9.17, 15) is 0 Å². The van der Waals surface area contributed by atoms with Crippen LogP contribution in [0, 0.1) is 0 Å². The molecule has 2 saturated heterocycles. The summed E-state index contributed by atoms with van der Waals surface area (Å²) < 4.78 is 118. The first-order chi connectivity index (χ1) is 36.1. The third-order valence-electron chi connectivity index (χ3n) is 11.5. The molecule has 0 aromatic carbocycles. The first-order valence-corrected chi connectivity index (χ1v) is 71.6. The van der Waals surface area contributed by atoms with Gasteiger partial charge in [0.25, 0.3) is 0 Å². The third kappa shape index (κ3) is 33.9. The van der Waals surface area contributed by atoms with E-state index in [2.05, 4.69) is 236 Å². The molecule has 0 saturated carbocycles. The summed E-state index contributed by atoms with van der Waals surface area (Å²) in [6.07, 6.45) is -10.3. The van der Waals surface area contributed by atoms with Crippen molar-refractivity contribution in [3.63, 3.8) is 0 Å². The summed E-state index contributed by atoms with van der Waals surface area (Å²) in [4.78, 5) is 0. The Kier molecular flexibility index (Phi) is 29.4. The van der Waals surface area contributed by atoms with Crippen molar-refractivity contribution in [2.24, 2.45) is 0 Å². The van der Waals surface area contributed by atoms with Crippen LogP contribution in [-0.2, 0) is 72.1 Å². The Morgan fingerprint density at radius 1 is 0.256 bits per heavy atom. The Hall–Kier alpha value is 1.96. The van der Waals surface area contributed by atoms with Gasteiger partial charge >= 0.3 is 0 Å². The minimum absolute atomic E-state index is 0.213. The van der Waals surface area contributed by atoms with E-state index in [1.165, 1.54) is 0 Å². The van der Waals surface area contributed by atoms with Gasteiger partial charge in [-0.1, -0.05) is 0 Å². The third-order valence-corrected chi connectivity index (χ3v) is 23.5. The molecule has 490 valence electrons. The lowest BCUT2D eigenvalue weighted by molar-refractivity contribution is -0.346. The zero-order chi connectivity index (χ0) is 64.2. The number of ether oxygens (including phenoxy) is 4. The van der Waals surface area contributed by atoms with Crippen LogP contribution >= 0.6 is 0 Å². The molecule has 14 unspecified atom stereocenters. The molecule has 2 fully saturated rings. The molecule has 0 amide bonds. The van der Waals surface area contributed by atoms with Gasteiger partial charge in [-0.05, 0) is 236 Å². The lowest BCUT2D eigenvalue weighted by atomic mass is 9.97. The van der Waals surface area contributed by atoms with Crippen molar-refractivity contribution in [1.29, 1.82) is 0 Å². The summed E-state index contributed by atoms with van der Waals surface area (Å²) in [6, 6.07) is 0. The molecule has 0 aromatic heterocycles. The summed E-state index contributed by atoms with van der Waals surface area (Å²) in [5.41, 5.74) is 0. The molecule has 2 heterocycles. The minimum Gasteiger partial charge on any atom is -0.415 e. The fraction of sp³-hybridized carbons (Fsp3) is 1.00. The molecule has 2 aliphatic rings. The summed E-state index contributed by atoms with van der Waals surface area (Å²) in [5, 5.41) is 0. The monoisotopic (exact) mass is 1370 g/mol. The van der Waals surface area contributed by atoms with Crippen molar-refractivity contribution in [3.05, 3.63) is 0 Å². The van der Waals surface area contributed by atoms with Crippen LogP contribution in [0.3, 0.4) is 0 Å². The first-order valence-electron chi connectivity index (χ1n) is 30.7. The summed E-state index contributed by atoms with van der Waals surface area (Å²) in [7, 11) is -27.8. The summed E-state index contributed by atoms with van der Waals surface area (Å²) in [6.45, 7) is 80.6. The average Bonchev–Trinajstić information content (AvgIpc) is 3.17. The van der Waals surface area contributed by atoms with Gasteiger partial charge in [0.2, 0.25) is 0 Å². The maximum atomic E-state index is 8.06. The van der Waals surface area contributed by atoms with Crippen molar-refractivity contribution in [2.75, 3.05) is 26.4 Å². The van der Waals surface area contributed by atoms with Gasteiger partial charge in [0.15, 0.2) is 112 Å². The van der Waals surface area contributed by atoms with Crippen LogP contribution in [-0.4, -0.2) is 212 Å². The van der Waals surface area contributed by atoms with Crippen LogP contribution < -0.4 is 0 Å². The maximum Gasteiger partial charge on any atom is 0.186 e. The average molecular weight is 1370 g/mol.